The Labute approximate surface area is 128 Å². The van der Waals surface area contributed by atoms with Gasteiger partial charge in [0.05, 0.1) is 0 Å². The third-order valence-corrected chi connectivity index (χ3v) is 3.53. The van der Waals surface area contributed by atoms with E-state index in [1.807, 2.05) is 0 Å². The molecule has 0 spiro atoms. The van der Waals surface area contributed by atoms with Crippen LogP contribution in [0.15, 0.2) is 48.5 Å². The summed E-state index contributed by atoms with van der Waals surface area (Å²) in [7, 11) is 1.80. The first kappa shape index (κ1) is 15.4. The molecule has 0 amide bonds. The standard InChI is InChI=1S/C16H16F2N2S/c1-20(11-13-4-2-3-5-15(13)18)16(21)19-10-12-6-8-14(17)9-7-12/h2-9H,10-11H2,1H3,(H,19,21). The summed E-state index contributed by atoms with van der Waals surface area (Å²) < 4.78 is 26.4. The number of benzene rings is 2. The third-order valence-electron chi connectivity index (χ3n) is 3.07. The smallest absolute Gasteiger partial charge is 0.169 e. The predicted octanol–water partition coefficient (Wildman–Crippen LogP) is 3.47. The molecule has 0 aliphatic heterocycles. The van der Waals surface area contributed by atoms with Crippen LogP contribution in [0.4, 0.5) is 8.78 Å². The van der Waals surface area contributed by atoms with Crippen LogP contribution < -0.4 is 5.32 Å². The lowest BCUT2D eigenvalue weighted by molar-refractivity contribution is 0.470. The van der Waals surface area contributed by atoms with E-state index >= 15 is 0 Å². The molecule has 2 rings (SSSR count). The van der Waals surface area contributed by atoms with Gasteiger partial charge < -0.3 is 10.2 Å². The zero-order valence-corrected chi connectivity index (χ0v) is 12.5. The van der Waals surface area contributed by atoms with Gasteiger partial charge in [-0.05, 0) is 36.0 Å². The van der Waals surface area contributed by atoms with Crippen LogP contribution in [0.25, 0.3) is 0 Å². The van der Waals surface area contributed by atoms with Crippen molar-refractivity contribution < 1.29 is 8.78 Å². The molecule has 0 heterocycles. The third kappa shape index (κ3) is 4.49. The summed E-state index contributed by atoms with van der Waals surface area (Å²) in [5, 5.41) is 3.59. The van der Waals surface area contributed by atoms with E-state index in [4.69, 9.17) is 12.2 Å². The van der Waals surface area contributed by atoms with E-state index in [-0.39, 0.29) is 11.6 Å². The number of hydrogen-bond acceptors (Lipinski definition) is 1. The molecule has 5 heteroatoms. The van der Waals surface area contributed by atoms with Crippen molar-refractivity contribution in [1.29, 1.82) is 0 Å². The zero-order valence-electron chi connectivity index (χ0n) is 11.6. The van der Waals surface area contributed by atoms with Crippen LogP contribution in [-0.2, 0) is 13.1 Å². The maximum Gasteiger partial charge on any atom is 0.169 e. The monoisotopic (exact) mass is 306 g/mol. The molecule has 21 heavy (non-hydrogen) atoms. The Hall–Kier alpha value is -2.01. The van der Waals surface area contributed by atoms with Gasteiger partial charge in [0, 0.05) is 25.7 Å². The molecule has 0 atom stereocenters. The number of nitrogens with one attached hydrogen (secondary N) is 1. The van der Waals surface area contributed by atoms with Crippen molar-refractivity contribution in [1.82, 2.24) is 10.2 Å². The Morgan fingerprint density at radius 2 is 1.76 bits per heavy atom. The molecule has 0 bridgehead atoms. The Bertz CT molecular complexity index is 614. The van der Waals surface area contributed by atoms with Gasteiger partial charge in [-0.3, -0.25) is 0 Å². The number of halogens is 2. The SMILES string of the molecule is CN(Cc1ccccc1F)C(=S)NCc1ccc(F)cc1. The molecule has 1 N–H and O–H groups in total. The average Bonchev–Trinajstić information content (AvgIpc) is 2.48. The van der Waals surface area contributed by atoms with E-state index in [2.05, 4.69) is 5.32 Å². The number of hydrogen-bond donors (Lipinski definition) is 1. The lowest BCUT2D eigenvalue weighted by Gasteiger charge is -2.21. The summed E-state index contributed by atoms with van der Waals surface area (Å²) in [6.07, 6.45) is 0. The van der Waals surface area contributed by atoms with E-state index in [1.54, 1.807) is 42.3 Å². The fourth-order valence-corrected chi connectivity index (χ4v) is 2.01. The molecule has 0 aliphatic carbocycles. The Morgan fingerprint density at radius 1 is 1.10 bits per heavy atom. The van der Waals surface area contributed by atoms with E-state index in [9.17, 15) is 8.78 Å². The van der Waals surface area contributed by atoms with Gasteiger partial charge >= 0.3 is 0 Å². The van der Waals surface area contributed by atoms with Crippen molar-refractivity contribution >= 4 is 17.3 Å². The molecular formula is C16H16F2N2S. The normalized spacial score (nSPS) is 10.2. The van der Waals surface area contributed by atoms with Crippen molar-refractivity contribution in [3.05, 3.63) is 71.3 Å². The summed E-state index contributed by atoms with van der Waals surface area (Å²) in [4.78, 5) is 1.76. The molecule has 0 saturated carbocycles. The molecular weight excluding hydrogens is 290 g/mol. The van der Waals surface area contributed by atoms with E-state index < -0.39 is 0 Å². The van der Waals surface area contributed by atoms with Gasteiger partial charge in [0.25, 0.3) is 0 Å². The van der Waals surface area contributed by atoms with Gasteiger partial charge in [-0.25, -0.2) is 8.78 Å². The van der Waals surface area contributed by atoms with E-state index in [0.29, 0.717) is 23.8 Å². The van der Waals surface area contributed by atoms with Gasteiger partial charge in [0.15, 0.2) is 5.11 Å². The molecule has 0 aromatic heterocycles. The summed E-state index contributed by atoms with van der Waals surface area (Å²) >= 11 is 5.26. The van der Waals surface area contributed by atoms with Crippen LogP contribution in [0.2, 0.25) is 0 Å². The molecule has 0 unspecified atom stereocenters. The molecule has 0 radical (unpaired) electrons. The van der Waals surface area contributed by atoms with Crippen molar-refractivity contribution in [2.24, 2.45) is 0 Å². The number of rotatable bonds is 4. The number of nitrogens with zero attached hydrogens (tertiary/aromatic N) is 1. The lowest BCUT2D eigenvalue weighted by Crippen LogP contribution is -2.36. The fraction of sp³-hybridized carbons (Fsp3) is 0.188. The quantitative estimate of drug-likeness (QED) is 0.871. The minimum atomic E-state index is -0.266. The topological polar surface area (TPSA) is 15.3 Å². The second kappa shape index (κ2) is 7.13. The summed E-state index contributed by atoms with van der Waals surface area (Å²) in [5.41, 5.74) is 1.52. The molecule has 0 aliphatic rings. The summed E-state index contributed by atoms with van der Waals surface area (Å²) in [6.45, 7) is 0.892. The Balaban J connectivity index is 1.88. The summed E-state index contributed by atoms with van der Waals surface area (Å²) in [6, 6.07) is 12.8. The average molecular weight is 306 g/mol. The second-order valence-corrected chi connectivity index (χ2v) is 5.12. The first-order chi connectivity index (χ1) is 10.1. The van der Waals surface area contributed by atoms with Gasteiger partial charge in [0.1, 0.15) is 11.6 Å². The molecule has 2 aromatic carbocycles. The first-order valence-corrected chi connectivity index (χ1v) is 6.94. The van der Waals surface area contributed by atoms with Crippen LogP contribution in [0.5, 0.6) is 0 Å². The number of thiocarbonyl (C=S) groups is 1. The van der Waals surface area contributed by atoms with Gasteiger partial charge in [-0.2, -0.15) is 0 Å². The van der Waals surface area contributed by atoms with Crippen molar-refractivity contribution in [3.63, 3.8) is 0 Å². The van der Waals surface area contributed by atoms with Crippen LogP contribution in [0.3, 0.4) is 0 Å². The fourth-order valence-electron chi connectivity index (χ4n) is 1.87. The Morgan fingerprint density at radius 3 is 2.43 bits per heavy atom. The maximum absolute atomic E-state index is 13.6. The van der Waals surface area contributed by atoms with Crippen LogP contribution in [0, 0.1) is 11.6 Å². The van der Waals surface area contributed by atoms with Crippen molar-refractivity contribution in [2.75, 3.05) is 7.05 Å². The minimum absolute atomic E-state index is 0.245. The molecule has 0 fully saturated rings. The Kier molecular flexibility index (Phi) is 5.22. The van der Waals surface area contributed by atoms with Crippen LogP contribution >= 0.6 is 12.2 Å². The molecule has 0 saturated heterocycles. The highest BCUT2D eigenvalue weighted by Gasteiger charge is 2.08. The van der Waals surface area contributed by atoms with Crippen LogP contribution in [-0.4, -0.2) is 17.1 Å². The first-order valence-electron chi connectivity index (χ1n) is 6.53. The largest absolute Gasteiger partial charge is 0.358 e. The maximum atomic E-state index is 13.6. The highest BCUT2D eigenvalue weighted by Crippen LogP contribution is 2.09. The molecule has 110 valence electrons. The molecule has 2 aromatic rings. The van der Waals surface area contributed by atoms with Gasteiger partial charge in [-0.1, -0.05) is 30.3 Å². The second-order valence-electron chi connectivity index (χ2n) is 4.73. The van der Waals surface area contributed by atoms with E-state index in [1.165, 1.54) is 18.2 Å². The van der Waals surface area contributed by atoms with Crippen molar-refractivity contribution in [3.8, 4) is 0 Å². The van der Waals surface area contributed by atoms with Crippen molar-refractivity contribution in [2.45, 2.75) is 13.1 Å². The van der Waals surface area contributed by atoms with Gasteiger partial charge in [0.2, 0.25) is 0 Å². The van der Waals surface area contributed by atoms with Gasteiger partial charge in [-0.15, -0.1) is 0 Å². The molecule has 2 nitrogen and oxygen atoms in total. The highest BCUT2D eigenvalue weighted by molar-refractivity contribution is 7.80. The highest BCUT2D eigenvalue weighted by atomic mass is 32.1. The minimum Gasteiger partial charge on any atom is -0.358 e. The van der Waals surface area contributed by atoms with E-state index in [0.717, 1.165) is 5.56 Å². The summed E-state index contributed by atoms with van der Waals surface area (Å²) in [5.74, 6) is -0.510. The zero-order chi connectivity index (χ0) is 15.2. The lowest BCUT2D eigenvalue weighted by atomic mass is 10.2. The predicted molar refractivity (Wildman–Crippen MR) is 83.7 cm³/mol. The van der Waals surface area contributed by atoms with Crippen LogP contribution in [0.1, 0.15) is 11.1 Å².